The number of ether oxygens (including phenoxy) is 1. The third kappa shape index (κ3) is 2.33. The number of benzene rings is 2. The summed E-state index contributed by atoms with van der Waals surface area (Å²) in [4.78, 5) is 15.2. The van der Waals surface area contributed by atoms with Crippen molar-refractivity contribution in [1.29, 1.82) is 0 Å². The fourth-order valence-electron chi connectivity index (χ4n) is 4.65. The lowest BCUT2D eigenvalue weighted by Crippen LogP contribution is -2.76. The van der Waals surface area contributed by atoms with Crippen molar-refractivity contribution >= 4 is 5.97 Å². The van der Waals surface area contributed by atoms with E-state index in [9.17, 15) is 4.79 Å². The second kappa shape index (κ2) is 5.99. The molecule has 2 fully saturated rings. The highest BCUT2D eigenvalue weighted by Gasteiger charge is 2.64. The van der Waals surface area contributed by atoms with Crippen LogP contribution in [-0.2, 0) is 9.53 Å². The van der Waals surface area contributed by atoms with E-state index in [2.05, 4.69) is 62.1 Å². The Bertz CT molecular complexity index is 760. The van der Waals surface area contributed by atoms with Crippen LogP contribution < -0.4 is 0 Å². The van der Waals surface area contributed by atoms with Crippen LogP contribution in [-0.4, -0.2) is 22.4 Å². The van der Waals surface area contributed by atoms with Gasteiger partial charge in [-0.1, -0.05) is 74.5 Å². The lowest BCUT2D eigenvalue weighted by Gasteiger charge is -2.66. The van der Waals surface area contributed by atoms with Crippen molar-refractivity contribution in [3.05, 3.63) is 71.8 Å². The van der Waals surface area contributed by atoms with Gasteiger partial charge in [-0.2, -0.15) is 0 Å². The molecule has 0 saturated carbocycles. The molecule has 4 rings (SSSR count). The maximum atomic E-state index is 12.8. The summed E-state index contributed by atoms with van der Waals surface area (Å²) in [6.07, 6.45) is 0.744. The molecule has 25 heavy (non-hydrogen) atoms. The molecule has 0 spiro atoms. The van der Waals surface area contributed by atoms with E-state index < -0.39 is 0 Å². The van der Waals surface area contributed by atoms with Crippen molar-refractivity contribution in [3.63, 3.8) is 0 Å². The number of carbonyl (C=O) groups is 1. The third-order valence-electron chi connectivity index (χ3n) is 6.40. The fraction of sp³-hybridized carbons (Fsp3) is 0.409. The SMILES string of the molecule is CCC1(C)C(C)[C@@H]2C(=O)O[C@@H](c3ccccc3)[C@@H](c3ccccc3)N21. The zero-order chi connectivity index (χ0) is 17.6. The summed E-state index contributed by atoms with van der Waals surface area (Å²) in [7, 11) is 0. The third-order valence-corrected chi connectivity index (χ3v) is 6.40. The van der Waals surface area contributed by atoms with Crippen molar-refractivity contribution in [2.45, 2.75) is 50.9 Å². The molecule has 0 radical (unpaired) electrons. The van der Waals surface area contributed by atoms with Crippen LogP contribution in [0.5, 0.6) is 0 Å². The number of hydrogen-bond donors (Lipinski definition) is 0. The molecule has 0 aromatic heterocycles. The molecule has 3 nitrogen and oxygen atoms in total. The molecule has 130 valence electrons. The first-order valence-corrected chi connectivity index (χ1v) is 9.16. The maximum Gasteiger partial charge on any atom is 0.324 e. The molecular formula is C22H25NO2. The lowest BCUT2D eigenvalue weighted by molar-refractivity contribution is -0.235. The minimum Gasteiger partial charge on any atom is -0.454 e. The van der Waals surface area contributed by atoms with Gasteiger partial charge in [0.15, 0.2) is 0 Å². The number of carbonyl (C=O) groups excluding carboxylic acids is 1. The molecular weight excluding hydrogens is 310 g/mol. The highest BCUT2D eigenvalue weighted by Crippen LogP contribution is 2.56. The number of cyclic esters (lactones) is 1. The maximum absolute atomic E-state index is 12.8. The standard InChI is InChI=1S/C22H25NO2/c1-4-22(3)15(2)18-21(24)25-20(17-13-9-6-10-14-17)19(23(18)22)16-11-7-5-8-12-16/h5-15,18-20H,4H2,1-3H3/t15?,18-,19-,20+,22?/m1/s1. The van der Waals surface area contributed by atoms with Crippen LogP contribution >= 0.6 is 0 Å². The Kier molecular flexibility index (Phi) is 3.92. The van der Waals surface area contributed by atoms with Gasteiger partial charge in [0.25, 0.3) is 0 Å². The van der Waals surface area contributed by atoms with Gasteiger partial charge in [0.05, 0.1) is 6.04 Å². The molecule has 0 aliphatic carbocycles. The first kappa shape index (κ1) is 16.3. The van der Waals surface area contributed by atoms with Crippen LogP contribution in [0.4, 0.5) is 0 Å². The first-order chi connectivity index (χ1) is 12.1. The summed E-state index contributed by atoms with van der Waals surface area (Å²) in [6.45, 7) is 6.67. The molecule has 0 bridgehead atoms. The van der Waals surface area contributed by atoms with Crippen molar-refractivity contribution in [1.82, 2.24) is 4.90 Å². The van der Waals surface area contributed by atoms with Gasteiger partial charge in [0.2, 0.25) is 0 Å². The Hall–Kier alpha value is -2.13. The van der Waals surface area contributed by atoms with Crippen molar-refractivity contribution in [2.75, 3.05) is 0 Å². The molecule has 2 unspecified atom stereocenters. The Labute approximate surface area is 149 Å². The number of hydrogen-bond acceptors (Lipinski definition) is 3. The second-order valence-electron chi connectivity index (χ2n) is 7.48. The zero-order valence-corrected chi connectivity index (χ0v) is 15.1. The summed E-state index contributed by atoms with van der Waals surface area (Å²) in [5.41, 5.74) is 2.28. The number of rotatable bonds is 3. The Morgan fingerprint density at radius 2 is 1.52 bits per heavy atom. The van der Waals surface area contributed by atoms with Gasteiger partial charge in [-0.25, -0.2) is 0 Å². The predicted octanol–water partition coefficient (Wildman–Crippen LogP) is 4.51. The van der Waals surface area contributed by atoms with Crippen molar-refractivity contribution < 1.29 is 9.53 Å². The highest BCUT2D eigenvalue weighted by molar-refractivity contribution is 5.79. The van der Waals surface area contributed by atoms with E-state index in [4.69, 9.17) is 4.74 Å². The fourth-order valence-corrected chi connectivity index (χ4v) is 4.65. The second-order valence-corrected chi connectivity index (χ2v) is 7.48. The van der Waals surface area contributed by atoms with Gasteiger partial charge < -0.3 is 4.74 Å². The monoisotopic (exact) mass is 335 g/mol. The van der Waals surface area contributed by atoms with Gasteiger partial charge in [-0.05, 0) is 24.5 Å². The highest BCUT2D eigenvalue weighted by atomic mass is 16.6. The summed E-state index contributed by atoms with van der Waals surface area (Å²) in [5, 5.41) is 0. The van der Waals surface area contributed by atoms with Gasteiger partial charge in [0, 0.05) is 11.5 Å². The van der Waals surface area contributed by atoms with Crippen LogP contribution in [0.15, 0.2) is 60.7 Å². The van der Waals surface area contributed by atoms with E-state index in [0.29, 0.717) is 5.92 Å². The summed E-state index contributed by atoms with van der Waals surface area (Å²) < 4.78 is 6.00. The minimum atomic E-state index is -0.272. The zero-order valence-electron chi connectivity index (χ0n) is 15.1. The van der Waals surface area contributed by atoms with Gasteiger partial charge in [0.1, 0.15) is 12.1 Å². The lowest BCUT2D eigenvalue weighted by atomic mass is 9.65. The quantitative estimate of drug-likeness (QED) is 0.773. The molecule has 0 N–H and O–H groups in total. The molecule has 0 amide bonds. The van der Waals surface area contributed by atoms with Gasteiger partial charge in [-0.15, -0.1) is 0 Å². The summed E-state index contributed by atoms with van der Waals surface area (Å²) in [5.74, 6) is 0.215. The number of nitrogens with zero attached hydrogens (tertiary/aromatic N) is 1. The van der Waals surface area contributed by atoms with E-state index >= 15 is 0 Å². The molecule has 2 aliphatic rings. The van der Waals surface area contributed by atoms with E-state index in [-0.39, 0.29) is 29.7 Å². The Balaban J connectivity index is 1.83. The first-order valence-electron chi connectivity index (χ1n) is 9.16. The van der Waals surface area contributed by atoms with Crippen molar-refractivity contribution in [2.24, 2.45) is 5.92 Å². The van der Waals surface area contributed by atoms with Gasteiger partial charge in [-0.3, -0.25) is 9.69 Å². The normalized spacial score (nSPS) is 34.8. The van der Waals surface area contributed by atoms with E-state index in [1.54, 1.807) is 0 Å². The summed E-state index contributed by atoms with van der Waals surface area (Å²) in [6, 6.07) is 20.5. The van der Waals surface area contributed by atoms with Crippen LogP contribution in [0.3, 0.4) is 0 Å². The molecule has 3 heteroatoms. The number of esters is 1. The topological polar surface area (TPSA) is 29.5 Å². The molecule has 2 aromatic rings. The molecule has 2 heterocycles. The molecule has 2 aromatic carbocycles. The smallest absolute Gasteiger partial charge is 0.324 e. The molecule has 2 saturated heterocycles. The van der Waals surface area contributed by atoms with Crippen LogP contribution in [0.2, 0.25) is 0 Å². The number of fused-ring (bicyclic) bond motifs is 1. The van der Waals surface area contributed by atoms with E-state index in [1.807, 2.05) is 24.3 Å². The Morgan fingerprint density at radius 1 is 0.960 bits per heavy atom. The minimum absolute atomic E-state index is 0.0116. The average Bonchev–Trinajstić information content (AvgIpc) is 2.67. The van der Waals surface area contributed by atoms with E-state index in [1.165, 1.54) is 5.56 Å². The molecule has 5 atom stereocenters. The van der Waals surface area contributed by atoms with E-state index in [0.717, 1.165) is 12.0 Å². The number of morpholine rings is 1. The van der Waals surface area contributed by atoms with Crippen LogP contribution in [0, 0.1) is 5.92 Å². The Morgan fingerprint density at radius 3 is 2.08 bits per heavy atom. The molecule has 2 aliphatic heterocycles. The van der Waals surface area contributed by atoms with Gasteiger partial charge >= 0.3 is 5.97 Å². The van der Waals surface area contributed by atoms with Crippen LogP contribution in [0.1, 0.15) is 50.5 Å². The predicted molar refractivity (Wildman–Crippen MR) is 97.9 cm³/mol. The average molecular weight is 335 g/mol. The summed E-state index contributed by atoms with van der Waals surface area (Å²) >= 11 is 0. The van der Waals surface area contributed by atoms with Crippen LogP contribution in [0.25, 0.3) is 0 Å². The largest absolute Gasteiger partial charge is 0.454 e. The van der Waals surface area contributed by atoms with Crippen molar-refractivity contribution in [3.8, 4) is 0 Å².